The molecule has 0 saturated carbocycles. The third-order valence-electron chi connectivity index (χ3n) is 2.96. The predicted octanol–water partition coefficient (Wildman–Crippen LogP) is -0.594. The zero-order valence-corrected chi connectivity index (χ0v) is 11.3. The Morgan fingerprint density at radius 2 is 2.06 bits per heavy atom. The number of nitrogens with zero attached hydrogens (tertiary/aromatic N) is 1. The molecule has 18 heavy (non-hydrogen) atoms. The Morgan fingerprint density at radius 1 is 1.39 bits per heavy atom. The molecule has 0 amide bonds. The molecular weight excluding hydrogens is 278 g/mol. The average Bonchev–Trinajstić information content (AvgIpc) is 2.79. The third-order valence-corrected chi connectivity index (χ3v) is 6.57. The second-order valence-corrected chi connectivity index (χ2v) is 8.64. The van der Waals surface area contributed by atoms with Gasteiger partial charge in [-0.05, 0) is 12.8 Å². The summed E-state index contributed by atoms with van der Waals surface area (Å²) in [6, 6.07) is 0. The Hall–Kier alpha value is -0.930. The lowest BCUT2D eigenvalue weighted by molar-refractivity contribution is 0.542. The summed E-state index contributed by atoms with van der Waals surface area (Å²) in [5.74, 6) is -0.106. The monoisotopic (exact) mass is 293 g/mol. The molecule has 0 spiro atoms. The molecule has 2 heterocycles. The number of hydrogen-bond acceptors (Lipinski definition) is 5. The van der Waals surface area contributed by atoms with Gasteiger partial charge < -0.3 is 4.98 Å². The molecular formula is C9H15N3O4S2. The van der Waals surface area contributed by atoms with Gasteiger partial charge in [0.15, 0.2) is 0 Å². The molecule has 7 nitrogen and oxygen atoms in total. The van der Waals surface area contributed by atoms with Gasteiger partial charge in [0.2, 0.25) is 10.0 Å². The summed E-state index contributed by atoms with van der Waals surface area (Å²) in [6.07, 6.45) is 3.34. The Labute approximate surface area is 106 Å². The molecule has 1 aromatic heterocycles. The van der Waals surface area contributed by atoms with E-state index in [1.54, 1.807) is 0 Å². The number of H-pyrrole nitrogens is 1. The molecule has 0 radical (unpaired) electrons. The molecule has 1 aromatic rings. The van der Waals surface area contributed by atoms with Crippen molar-refractivity contribution in [1.29, 1.82) is 0 Å². The normalized spacial score (nSPS) is 20.9. The van der Waals surface area contributed by atoms with E-state index in [-0.39, 0.29) is 30.9 Å². The molecule has 0 aromatic carbocycles. The fourth-order valence-corrected chi connectivity index (χ4v) is 5.09. The minimum absolute atomic E-state index is 0.0529. The number of rotatable bonds is 4. The fourth-order valence-electron chi connectivity index (χ4n) is 1.86. The summed E-state index contributed by atoms with van der Waals surface area (Å²) < 4.78 is 48.8. The van der Waals surface area contributed by atoms with Crippen molar-refractivity contribution in [2.24, 2.45) is 0 Å². The number of aromatic amines is 1. The molecule has 0 unspecified atom stereocenters. The van der Waals surface area contributed by atoms with Gasteiger partial charge in [-0.3, -0.25) is 0 Å². The van der Waals surface area contributed by atoms with Crippen LogP contribution in [-0.2, 0) is 26.4 Å². The van der Waals surface area contributed by atoms with E-state index in [9.17, 15) is 16.8 Å². The molecule has 0 atom stereocenters. The summed E-state index contributed by atoms with van der Waals surface area (Å²) in [4.78, 5) is 6.58. The maximum absolute atomic E-state index is 12.0. The van der Waals surface area contributed by atoms with Crippen LogP contribution in [0, 0.1) is 0 Å². The Bertz CT molecular complexity index is 578. The van der Waals surface area contributed by atoms with Crippen molar-refractivity contribution in [3.8, 4) is 0 Å². The van der Waals surface area contributed by atoms with E-state index in [0.29, 0.717) is 5.69 Å². The van der Waals surface area contributed by atoms with Crippen molar-refractivity contribution >= 4 is 19.9 Å². The van der Waals surface area contributed by atoms with Gasteiger partial charge in [0, 0.05) is 11.9 Å². The van der Waals surface area contributed by atoms with Crippen LogP contribution in [0.4, 0.5) is 0 Å². The van der Waals surface area contributed by atoms with Crippen molar-refractivity contribution in [3.63, 3.8) is 0 Å². The third kappa shape index (κ3) is 3.30. The van der Waals surface area contributed by atoms with Crippen LogP contribution < -0.4 is 4.72 Å². The minimum atomic E-state index is -3.47. The largest absolute Gasteiger partial charge is 0.347 e. The number of sulfone groups is 1. The van der Waals surface area contributed by atoms with Crippen molar-refractivity contribution in [3.05, 3.63) is 18.2 Å². The van der Waals surface area contributed by atoms with Crippen molar-refractivity contribution < 1.29 is 16.8 Å². The van der Waals surface area contributed by atoms with Gasteiger partial charge in [-0.2, -0.15) is 0 Å². The van der Waals surface area contributed by atoms with E-state index in [0.717, 1.165) is 0 Å². The van der Waals surface area contributed by atoms with Gasteiger partial charge in [-0.1, -0.05) is 0 Å². The molecule has 2 N–H and O–H groups in total. The minimum Gasteiger partial charge on any atom is -0.347 e. The van der Waals surface area contributed by atoms with Crippen LogP contribution in [0.25, 0.3) is 0 Å². The van der Waals surface area contributed by atoms with Gasteiger partial charge >= 0.3 is 0 Å². The molecule has 0 aliphatic carbocycles. The van der Waals surface area contributed by atoms with Crippen molar-refractivity contribution in [2.45, 2.75) is 24.6 Å². The van der Waals surface area contributed by atoms with Crippen LogP contribution in [0.15, 0.2) is 12.5 Å². The molecule has 102 valence electrons. The second-order valence-electron chi connectivity index (χ2n) is 4.29. The Morgan fingerprint density at radius 3 is 2.61 bits per heavy atom. The summed E-state index contributed by atoms with van der Waals surface area (Å²) in [6.45, 7) is 0.144. The number of imidazole rings is 1. The molecule has 2 rings (SSSR count). The molecule has 1 aliphatic heterocycles. The van der Waals surface area contributed by atoms with Crippen LogP contribution in [-0.4, -0.2) is 43.6 Å². The van der Waals surface area contributed by atoms with Crippen molar-refractivity contribution in [2.75, 3.05) is 11.5 Å². The Kier molecular flexibility index (Phi) is 3.74. The van der Waals surface area contributed by atoms with Crippen LogP contribution in [0.3, 0.4) is 0 Å². The van der Waals surface area contributed by atoms with E-state index >= 15 is 0 Å². The molecule has 9 heteroatoms. The van der Waals surface area contributed by atoms with E-state index in [2.05, 4.69) is 14.7 Å². The van der Waals surface area contributed by atoms with E-state index in [1.807, 2.05) is 0 Å². The average molecular weight is 293 g/mol. The zero-order chi connectivity index (χ0) is 13.2. The molecule has 1 aliphatic rings. The molecule has 1 fully saturated rings. The second kappa shape index (κ2) is 4.98. The number of aromatic nitrogens is 2. The highest BCUT2D eigenvalue weighted by molar-refractivity contribution is 7.92. The highest BCUT2D eigenvalue weighted by Gasteiger charge is 2.32. The SMILES string of the molecule is O=S1(=O)CCC(S(=O)(=O)NCc2cnc[nH]2)CC1. The van der Waals surface area contributed by atoms with E-state index in [1.165, 1.54) is 12.5 Å². The highest BCUT2D eigenvalue weighted by atomic mass is 32.2. The van der Waals surface area contributed by atoms with Gasteiger partial charge in [0.25, 0.3) is 0 Å². The van der Waals surface area contributed by atoms with E-state index < -0.39 is 25.1 Å². The van der Waals surface area contributed by atoms with Crippen LogP contribution in [0.5, 0.6) is 0 Å². The van der Waals surface area contributed by atoms with Crippen molar-refractivity contribution in [1.82, 2.24) is 14.7 Å². The van der Waals surface area contributed by atoms with Crippen LogP contribution in [0.2, 0.25) is 0 Å². The summed E-state index contributed by atoms with van der Waals surface area (Å²) in [5.41, 5.74) is 0.669. The summed E-state index contributed by atoms with van der Waals surface area (Å²) >= 11 is 0. The lowest BCUT2D eigenvalue weighted by Gasteiger charge is -2.22. The number of hydrogen-bond donors (Lipinski definition) is 2. The quantitative estimate of drug-likeness (QED) is 0.771. The van der Waals surface area contributed by atoms with E-state index in [4.69, 9.17) is 0 Å². The Balaban J connectivity index is 1.95. The first kappa shape index (κ1) is 13.5. The van der Waals surface area contributed by atoms with Gasteiger partial charge in [0.05, 0.1) is 29.6 Å². The zero-order valence-electron chi connectivity index (χ0n) is 9.66. The summed E-state index contributed by atoms with van der Waals surface area (Å²) in [5, 5.41) is -0.621. The fraction of sp³-hybridized carbons (Fsp3) is 0.667. The lowest BCUT2D eigenvalue weighted by atomic mass is 10.2. The number of nitrogens with one attached hydrogen (secondary N) is 2. The first-order chi connectivity index (χ1) is 8.39. The van der Waals surface area contributed by atoms with Crippen LogP contribution in [0.1, 0.15) is 18.5 Å². The van der Waals surface area contributed by atoms with Crippen LogP contribution >= 0.6 is 0 Å². The first-order valence-corrected chi connectivity index (χ1v) is 8.92. The van der Waals surface area contributed by atoms with Gasteiger partial charge in [-0.25, -0.2) is 26.5 Å². The standard InChI is InChI=1S/C9H15N3O4S2/c13-17(14)3-1-9(2-4-17)18(15,16)12-6-8-5-10-7-11-8/h5,7,9,12H,1-4,6H2,(H,10,11). The highest BCUT2D eigenvalue weighted by Crippen LogP contribution is 2.18. The predicted molar refractivity (Wildman–Crippen MR) is 66.0 cm³/mol. The maximum atomic E-state index is 12.0. The topological polar surface area (TPSA) is 109 Å². The summed E-state index contributed by atoms with van der Waals surface area (Å²) in [7, 11) is -6.51. The number of sulfonamides is 1. The molecule has 0 bridgehead atoms. The lowest BCUT2D eigenvalue weighted by Crippen LogP contribution is -2.39. The van der Waals surface area contributed by atoms with Gasteiger partial charge in [0.1, 0.15) is 9.84 Å². The first-order valence-electron chi connectivity index (χ1n) is 5.55. The maximum Gasteiger partial charge on any atom is 0.214 e. The van der Waals surface area contributed by atoms with Gasteiger partial charge in [-0.15, -0.1) is 0 Å². The smallest absolute Gasteiger partial charge is 0.214 e. The molecule has 1 saturated heterocycles.